The van der Waals surface area contributed by atoms with Crippen molar-refractivity contribution >= 4 is 38.4 Å². The van der Waals surface area contributed by atoms with Gasteiger partial charge in [-0.05, 0) is 12.1 Å². The predicted octanol–water partition coefficient (Wildman–Crippen LogP) is 3.54. The SMILES string of the molecule is O=C1NC(c2ccccc2)=NC1(Nc1nc2ccccc2s1)C(F)(F)F. The molecule has 2 N–H and O–H groups in total. The summed E-state index contributed by atoms with van der Waals surface area (Å²) >= 11 is 1.03. The van der Waals surface area contributed by atoms with Gasteiger partial charge in [-0.3, -0.25) is 4.79 Å². The molecule has 0 aliphatic carbocycles. The van der Waals surface area contributed by atoms with Gasteiger partial charge in [0.1, 0.15) is 5.84 Å². The van der Waals surface area contributed by atoms with Crippen LogP contribution in [0.3, 0.4) is 0 Å². The van der Waals surface area contributed by atoms with E-state index >= 15 is 0 Å². The molecule has 1 unspecified atom stereocenters. The molecule has 26 heavy (non-hydrogen) atoms. The summed E-state index contributed by atoms with van der Waals surface area (Å²) < 4.78 is 42.2. The number of amides is 1. The van der Waals surface area contributed by atoms with E-state index in [9.17, 15) is 18.0 Å². The quantitative estimate of drug-likeness (QED) is 0.735. The predicted molar refractivity (Wildman–Crippen MR) is 93.2 cm³/mol. The zero-order valence-corrected chi connectivity index (χ0v) is 13.9. The number of thiazole rings is 1. The first-order valence-corrected chi connectivity index (χ1v) is 8.38. The van der Waals surface area contributed by atoms with Crippen molar-refractivity contribution in [1.29, 1.82) is 0 Å². The van der Waals surface area contributed by atoms with Gasteiger partial charge in [-0.2, -0.15) is 13.2 Å². The van der Waals surface area contributed by atoms with E-state index in [-0.39, 0.29) is 11.0 Å². The Morgan fingerprint density at radius 3 is 2.42 bits per heavy atom. The van der Waals surface area contributed by atoms with Gasteiger partial charge in [0.05, 0.1) is 10.2 Å². The van der Waals surface area contributed by atoms with E-state index in [1.807, 2.05) is 0 Å². The number of fused-ring (bicyclic) bond motifs is 1. The fourth-order valence-electron chi connectivity index (χ4n) is 2.61. The van der Waals surface area contributed by atoms with E-state index in [2.05, 4.69) is 20.6 Å². The lowest BCUT2D eigenvalue weighted by Gasteiger charge is -2.26. The third kappa shape index (κ3) is 2.60. The highest BCUT2D eigenvalue weighted by molar-refractivity contribution is 7.22. The van der Waals surface area contributed by atoms with Crippen LogP contribution in [0.25, 0.3) is 10.2 Å². The normalized spacial score (nSPS) is 20.1. The maximum absolute atomic E-state index is 13.8. The lowest BCUT2D eigenvalue weighted by molar-refractivity contribution is -0.181. The second-order valence-electron chi connectivity index (χ2n) is 5.60. The summed E-state index contributed by atoms with van der Waals surface area (Å²) in [5, 5.41) is 4.41. The van der Waals surface area contributed by atoms with E-state index < -0.39 is 17.7 Å². The van der Waals surface area contributed by atoms with Crippen LogP contribution in [0.5, 0.6) is 0 Å². The minimum absolute atomic E-state index is 0.0308. The number of rotatable bonds is 3. The zero-order chi connectivity index (χ0) is 18.4. The smallest absolute Gasteiger partial charge is 0.322 e. The van der Waals surface area contributed by atoms with Crippen LogP contribution in [-0.4, -0.2) is 28.6 Å². The molecule has 1 aliphatic rings. The number of halogens is 3. The maximum Gasteiger partial charge on any atom is 0.442 e. The lowest BCUT2D eigenvalue weighted by Crippen LogP contribution is -2.57. The van der Waals surface area contributed by atoms with Gasteiger partial charge in [0.2, 0.25) is 0 Å². The molecule has 2 aromatic carbocycles. The van der Waals surface area contributed by atoms with Crippen molar-refractivity contribution < 1.29 is 18.0 Å². The number of nitrogens with zero attached hydrogens (tertiary/aromatic N) is 2. The van der Waals surface area contributed by atoms with Crippen LogP contribution in [0.2, 0.25) is 0 Å². The van der Waals surface area contributed by atoms with Gasteiger partial charge < -0.3 is 10.6 Å². The number of carbonyl (C=O) groups excluding carboxylic acids is 1. The number of hydrogen-bond acceptors (Lipinski definition) is 5. The van der Waals surface area contributed by atoms with Crippen molar-refractivity contribution in [1.82, 2.24) is 10.3 Å². The van der Waals surface area contributed by atoms with Gasteiger partial charge >= 0.3 is 11.8 Å². The molecule has 1 aliphatic heterocycles. The third-order valence-electron chi connectivity index (χ3n) is 3.88. The molecule has 0 fully saturated rings. The van der Waals surface area contributed by atoms with Crippen LogP contribution in [0.4, 0.5) is 18.3 Å². The Morgan fingerprint density at radius 2 is 1.73 bits per heavy atom. The second-order valence-corrected chi connectivity index (χ2v) is 6.63. The summed E-state index contributed by atoms with van der Waals surface area (Å²) in [6, 6.07) is 15.1. The first-order chi connectivity index (χ1) is 12.4. The minimum Gasteiger partial charge on any atom is -0.322 e. The molecule has 0 saturated carbocycles. The molecule has 0 saturated heterocycles. The van der Waals surface area contributed by atoms with Crippen molar-refractivity contribution in [3.63, 3.8) is 0 Å². The highest BCUT2D eigenvalue weighted by Gasteiger charge is 2.64. The molecule has 2 heterocycles. The number of hydrogen-bond donors (Lipinski definition) is 2. The number of benzene rings is 2. The van der Waals surface area contributed by atoms with Gasteiger partial charge in [-0.15, -0.1) is 0 Å². The van der Waals surface area contributed by atoms with Crippen molar-refractivity contribution in [2.24, 2.45) is 4.99 Å². The van der Waals surface area contributed by atoms with Crippen LogP contribution in [-0.2, 0) is 4.79 Å². The Morgan fingerprint density at radius 1 is 1.04 bits per heavy atom. The van der Waals surface area contributed by atoms with E-state index in [0.717, 1.165) is 11.3 Å². The standard InChI is InChI=1S/C17H11F3N4OS/c18-17(19,20)16(24-15-21-11-8-4-5-9-12(11)26-15)14(25)22-13(23-16)10-6-2-1-3-7-10/h1-9H,(H,21,24)(H,22,23,25). The largest absolute Gasteiger partial charge is 0.442 e. The molecule has 0 radical (unpaired) electrons. The number of para-hydroxylation sites is 1. The lowest BCUT2D eigenvalue weighted by atomic mass is 10.1. The Kier molecular flexibility index (Phi) is 3.69. The Labute approximate surface area is 149 Å². The van der Waals surface area contributed by atoms with E-state index in [0.29, 0.717) is 15.8 Å². The van der Waals surface area contributed by atoms with Crippen molar-refractivity contribution in [2.75, 3.05) is 5.32 Å². The molecule has 9 heteroatoms. The number of aliphatic imine (C=N–C) groups is 1. The number of alkyl halides is 3. The number of aromatic nitrogens is 1. The zero-order valence-electron chi connectivity index (χ0n) is 13.0. The van der Waals surface area contributed by atoms with Gasteiger partial charge in [-0.1, -0.05) is 53.8 Å². The average molecular weight is 376 g/mol. The summed E-state index contributed by atoms with van der Waals surface area (Å²) in [7, 11) is 0. The highest BCUT2D eigenvalue weighted by atomic mass is 32.1. The van der Waals surface area contributed by atoms with Crippen LogP contribution < -0.4 is 10.6 Å². The van der Waals surface area contributed by atoms with Crippen LogP contribution in [0.1, 0.15) is 5.56 Å². The number of amidine groups is 1. The van der Waals surface area contributed by atoms with Crippen molar-refractivity contribution in [2.45, 2.75) is 11.8 Å². The fraction of sp³-hybridized carbons (Fsp3) is 0.118. The summed E-state index contributed by atoms with van der Waals surface area (Å²) in [4.78, 5) is 20.1. The number of nitrogens with one attached hydrogen (secondary N) is 2. The average Bonchev–Trinajstić information content (AvgIpc) is 3.17. The maximum atomic E-state index is 13.8. The summed E-state index contributed by atoms with van der Waals surface area (Å²) in [6.45, 7) is 0. The molecule has 0 bridgehead atoms. The van der Waals surface area contributed by atoms with Gasteiger partial charge in [0.15, 0.2) is 5.13 Å². The molecular weight excluding hydrogens is 365 g/mol. The van der Waals surface area contributed by atoms with E-state index in [1.165, 1.54) is 0 Å². The molecule has 1 atom stereocenters. The molecule has 3 aromatic rings. The molecule has 1 amide bonds. The van der Waals surface area contributed by atoms with Crippen LogP contribution in [0.15, 0.2) is 59.6 Å². The Bertz CT molecular complexity index is 983. The number of carbonyl (C=O) groups is 1. The Hall–Kier alpha value is -2.94. The summed E-state index contributed by atoms with van der Waals surface area (Å²) in [5.74, 6) is -1.43. The molecular formula is C17H11F3N4OS. The molecule has 4 rings (SSSR count). The second kappa shape index (κ2) is 5.80. The molecule has 1 aromatic heterocycles. The first-order valence-electron chi connectivity index (χ1n) is 7.56. The topological polar surface area (TPSA) is 66.4 Å². The molecule has 5 nitrogen and oxygen atoms in total. The number of anilines is 1. The Balaban J connectivity index is 1.79. The molecule has 0 spiro atoms. The van der Waals surface area contributed by atoms with E-state index in [4.69, 9.17) is 0 Å². The third-order valence-corrected chi connectivity index (χ3v) is 4.83. The minimum atomic E-state index is -4.95. The van der Waals surface area contributed by atoms with E-state index in [1.54, 1.807) is 54.6 Å². The van der Waals surface area contributed by atoms with Crippen molar-refractivity contribution in [3.05, 3.63) is 60.2 Å². The van der Waals surface area contributed by atoms with Crippen molar-refractivity contribution in [3.8, 4) is 0 Å². The van der Waals surface area contributed by atoms with Crippen LogP contribution >= 0.6 is 11.3 Å². The summed E-state index contributed by atoms with van der Waals surface area (Å²) in [6.07, 6.45) is -4.95. The monoisotopic (exact) mass is 376 g/mol. The molecule has 132 valence electrons. The van der Waals surface area contributed by atoms with Crippen LogP contribution in [0, 0.1) is 0 Å². The fourth-order valence-corrected chi connectivity index (χ4v) is 3.52. The summed E-state index contributed by atoms with van der Waals surface area (Å²) in [5.41, 5.74) is -2.19. The van der Waals surface area contributed by atoms with Gasteiger partial charge in [0.25, 0.3) is 5.91 Å². The van der Waals surface area contributed by atoms with Gasteiger partial charge in [-0.25, -0.2) is 9.98 Å². The highest BCUT2D eigenvalue weighted by Crippen LogP contribution is 2.39. The first kappa shape index (κ1) is 16.5. The van der Waals surface area contributed by atoms with Gasteiger partial charge in [0, 0.05) is 5.56 Å².